The molecule has 0 fully saturated rings. The number of aromatic nitrogens is 2. The second kappa shape index (κ2) is 6.28. The van der Waals surface area contributed by atoms with Crippen LogP contribution in [0.2, 0.25) is 0 Å². The van der Waals surface area contributed by atoms with E-state index in [-0.39, 0.29) is 34.1 Å². The Morgan fingerprint density at radius 3 is 1.40 bits per heavy atom. The predicted molar refractivity (Wildman–Crippen MR) is 33.3 cm³/mol. The maximum atomic E-state index is 4.68. The number of rotatable bonds is 0. The molecular weight excluding hydrogens is 267 g/mol. The van der Waals surface area contributed by atoms with Crippen LogP contribution in [-0.4, -0.2) is 9.97 Å². The largest absolute Gasteiger partial charge is 1.00 e. The van der Waals surface area contributed by atoms with Gasteiger partial charge in [-0.25, -0.2) is 0 Å². The zero-order valence-corrected chi connectivity index (χ0v) is 7.98. The van der Waals surface area contributed by atoms with Crippen molar-refractivity contribution in [1.82, 2.24) is 9.97 Å². The average molecular weight is 269 g/mol. The fraction of sp³-hybridized carbons (Fsp3) is 0. The first-order valence-electron chi connectivity index (χ1n) is 1.96. The Balaban J connectivity index is 0. The van der Waals surface area contributed by atoms with Crippen LogP contribution in [0.15, 0.2) is 22.4 Å². The van der Waals surface area contributed by atoms with Crippen molar-refractivity contribution in [2.45, 2.75) is 10.1 Å². The van der Waals surface area contributed by atoms with Gasteiger partial charge in [0.25, 0.3) is 0 Å². The molecule has 1 aromatic rings. The molecule has 0 spiro atoms. The second-order valence-electron chi connectivity index (χ2n) is 1.17. The van der Waals surface area contributed by atoms with Crippen molar-refractivity contribution in [1.29, 1.82) is 0 Å². The van der Waals surface area contributed by atoms with Crippen LogP contribution >= 0.6 is 0 Å². The van der Waals surface area contributed by atoms with E-state index in [4.69, 9.17) is 0 Å². The summed E-state index contributed by atoms with van der Waals surface area (Å²) in [6, 6.07) is 0. The maximum absolute atomic E-state index is 4.68. The smallest absolute Gasteiger partial charge is 0.760 e. The Morgan fingerprint density at radius 1 is 0.900 bits per heavy atom. The minimum atomic E-state index is 0. The first-order chi connectivity index (χ1) is 3.80. The average Bonchev–Trinajstić information content (AvgIpc) is 1.77. The van der Waals surface area contributed by atoms with Crippen LogP contribution in [0, 0.1) is 0 Å². The topological polar surface area (TPSA) is 25.8 Å². The monoisotopic (exact) mass is 268 g/mol. The van der Waals surface area contributed by atoms with Gasteiger partial charge in [-0.1, -0.05) is 10.1 Å². The molecule has 0 aliphatic carbocycles. The summed E-state index contributed by atoms with van der Waals surface area (Å²) < 4.78 is 0. The van der Waals surface area contributed by atoms with Gasteiger partial charge in [-0.3, -0.25) is 9.97 Å². The molecule has 1 heterocycles. The van der Waals surface area contributed by atoms with E-state index < -0.39 is 0 Å². The molecule has 1 rings (SSSR count). The Kier molecular flexibility index (Phi) is 8.27. The molecule has 0 saturated carbocycles. The number of hydrogen-bond donors (Lipinski definition) is 0. The molecular formula is C4H2Cu2N2S2. The van der Waals surface area contributed by atoms with E-state index in [0.29, 0.717) is 10.1 Å². The van der Waals surface area contributed by atoms with E-state index in [2.05, 4.69) is 35.2 Å². The summed E-state index contributed by atoms with van der Waals surface area (Å²) in [5.41, 5.74) is 0. The predicted octanol–water partition coefficient (Wildman–Crippen LogP) is 0.283. The van der Waals surface area contributed by atoms with Crippen molar-refractivity contribution in [3.63, 3.8) is 0 Å². The van der Waals surface area contributed by atoms with Crippen LogP contribution in [0.5, 0.6) is 0 Å². The van der Waals surface area contributed by atoms with Gasteiger partial charge in [0.05, 0.1) is 0 Å². The van der Waals surface area contributed by atoms with Crippen LogP contribution in [0.1, 0.15) is 0 Å². The first kappa shape index (κ1) is 13.2. The third kappa shape index (κ3) is 3.66. The molecule has 10 heavy (non-hydrogen) atoms. The van der Waals surface area contributed by atoms with Gasteiger partial charge in [0, 0.05) is 12.4 Å². The minimum Gasteiger partial charge on any atom is -0.760 e. The summed E-state index contributed by atoms with van der Waals surface area (Å²) in [6.45, 7) is 0. The molecule has 0 aromatic carbocycles. The first-order valence-corrected chi connectivity index (χ1v) is 2.77. The van der Waals surface area contributed by atoms with E-state index in [1.54, 1.807) is 0 Å². The van der Waals surface area contributed by atoms with Crippen molar-refractivity contribution < 1.29 is 34.1 Å². The van der Waals surface area contributed by atoms with Gasteiger partial charge in [0.1, 0.15) is 0 Å². The standard InChI is InChI=1S/C4H4N2S2.2Cu/c7-3-4(8)6-2-1-5-3;;/h1-2H,(H,5,7)(H,6,8);;/q;2*+1/p-2. The third-order valence-electron chi connectivity index (χ3n) is 0.633. The molecule has 62 valence electrons. The van der Waals surface area contributed by atoms with E-state index in [9.17, 15) is 0 Å². The summed E-state index contributed by atoms with van der Waals surface area (Å²) in [6.07, 6.45) is 3.05. The van der Waals surface area contributed by atoms with Crippen LogP contribution in [-0.2, 0) is 59.4 Å². The van der Waals surface area contributed by atoms with Gasteiger partial charge in [0.2, 0.25) is 0 Å². The summed E-state index contributed by atoms with van der Waals surface area (Å²) in [7, 11) is 0. The van der Waals surface area contributed by atoms with Crippen molar-refractivity contribution in [3.05, 3.63) is 12.4 Å². The summed E-state index contributed by atoms with van der Waals surface area (Å²) in [5.74, 6) is 0. The normalized spacial score (nSPS) is 7.20. The molecule has 0 saturated heterocycles. The molecule has 0 atom stereocenters. The molecule has 0 bridgehead atoms. The fourth-order valence-corrected chi connectivity index (χ4v) is 0.540. The van der Waals surface area contributed by atoms with Crippen molar-refractivity contribution in [2.24, 2.45) is 0 Å². The number of hydrogen-bond acceptors (Lipinski definition) is 4. The molecule has 6 heteroatoms. The van der Waals surface area contributed by atoms with Crippen LogP contribution in [0.4, 0.5) is 0 Å². The Bertz CT molecular complexity index is 175. The van der Waals surface area contributed by atoms with Crippen LogP contribution < -0.4 is 0 Å². The zero-order chi connectivity index (χ0) is 5.98. The van der Waals surface area contributed by atoms with Gasteiger partial charge in [0.15, 0.2) is 0 Å². The van der Waals surface area contributed by atoms with E-state index in [0.717, 1.165) is 0 Å². The molecule has 0 aliphatic heterocycles. The van der Waals surface area contributed by atoms with E-state index >= 15 is 0 Å². The van der Waals surface area contributed by atoms with E-state index in [1.807, 2.05) is 0 Å². The fourth-order valence-electron chi connectivity index (χ4n) is 0.312. The van der Waals surface area contributed by atoms with Crippen molar-refractivity contribution >= 4 is 25.3 Å². The minimum absolute atomic E-state index is 0. The van der Waals surface area contributed by atoms with Gasteiger partial charge in [-0.15, -0.1) is 0 Å². The summed E-state index contributed by atoms with van der Waals surface area (Å²) >= 11 is 9.35. The molecule has 0 N–H and O–H groups in total. The van der Waals surface area contributed by atoms with Crippen LogP contribution in [0.3, 0.4) is 0 Å². The van der Waals surface area contributed by atoms with Gasteiger partial charge in [-0.2, -0.15) is 0 Å². The maximum Gasteiger partial charge on any atom is 1.00 e. The SMILES string of the molecule is [Cu+].[Cu+].[S-]c1nccnc1[S-]. The molecule has 2 nitrogen and oxygen atoms in total. The Labute approximate surface area is 91.4 Å². The molecule has 0 amide bonds. The third-order valence-corrected chi connectivity index (χ3v) is 1.36. The summed E-state index contributed by atoms with van der Waals surface area (Å²) in [5, 5.41) is 0.810. The quantitative estimate of drug-likeness (QED) is 0.499. The van der Waals surface area contributed by atoms with Crippen LogP contribution in [0.25, 0.3) is 0 Å². The van der Waals surface area contributed by atoms with Crippen molar-refractivity contribution in [2.75, 3.05) is 0 Å². The molecule has 0 unspecified atom stereocenters. The number of nitrogens with zero attached hydrogens (tertiary/aromatic N) is 2. The van der Waals surface area contributed by atoms with Gasteiger partial charge < -0.3 is 25.3 Å². The van der Waals surface area contributed by atoms with Gasteiger partial charge in [-0.05, 0) is 0 Å². The van der Waals surface area contributed by atoms with E-state index in [1.165, 1.54) is 12.4 Å². The summed E-state index contributed by atoms with van der Waals surface area (Å²) in [4.78, 5) is 7.45. The molecule has 1 aromatic heterocycles. The second-order valence-corrected chi connectivity index (χ2v) is 1.94. The van der Waals surface area contributed by atoms with Crippen molar-refractivity contribution in [3.8, 4) is 0 Å². The zero-order valence-electron chi connectivity index (χ0n) is 4.47. The molecule has 0 aliphatic rings. The Hall–Kier alpha value is 0.559. The molecule has 0 radical (unpaired) electrons. The Morgan fingerprint density at radius 2 is 1.20 bits per heavy atom. The van der Waals surface area contributed by atoms with Gasteiger partial charge >= 0.3 is 34.1 Å².